The number of para-hydroxylation sites is 1. The van der Waals surface area contributed by atoms with E-state index in [0.29, 0.717) is 23.4 Å². The Morgan fingerprint density at radius 3 is 2.83 bits per heavy atom. The number of hydrogen-bond acceptors (Lipinski definition) is 6. The number of pyridine rings is 1. The van der Waals surface area contributed by atoms with Gasteiger partial charge in [0.25, 0.3) is 0 Å². The molecule has 4 aromatic rings. The van der Waals surface area contributed by atoms with Crippen molar-refractivity contribution in [3.8, 4) is 11.5 Å². The summed E-state index contributed by atoms with van der Waals surface area (Å²) in [5.74, 6) is 0.126. The topological polar surface area (TPSA) is 95.6 Å². The molecular weight excluding hydrogens is 299 g/mol. The third-order valence-corrected chi connectivity index (χ3v) is 3.51. The van der Waals surface area contributed by atoms with Gasteiger partial charge in [-0.1, -0.05) is 12.1 Å². The second-order valence-electron chi connectivity index (χ2n) is 4.99. The Kier molecular flexibility index (Phi) is 3.00. The van der Waals surface area contributed by atoms with Crippen LogP contribution in [0.2, 0.25) is 0 Å². The summed E-state index contributed by atoms with van der Waals surface area (Å²) in [6.07, 6.45) is 3.39. The van der Waals surface area contributed by atoms with Crippen LogP contribution in [0.1, 0.15) is 5.56 Å². The Balaban J connectivity index is 1.97. The molecule has 0 radical (unpaired) electrons. The number of nitrogen functional groups attached to an aromatic ring is 1. The van der Waals surface area contributed by atoms with Crippen molar-refractivity contribution in [2.45, 2.75) is 6.54 Å². The van der Waals surface area contributed by atoms with Gasteiger partial charge in [0.1, 0.15) is 11.3 Å². The van der Waals surface area contributed by atoms with Gasteiger partial charge in [0.2, 0.25) is 0 Å². The first-order chi connectivity index (χ1) is 11.2. The van der Waals surface area contributed by atoms with Gasteiger partial charge in [-0.15, -0.1) is 0 Å². The fraction of sp³-hybridized carbons (Fsp3) is 0.0667. The minimum atomic E-state index is -0.375. The molecule has 4 rings (SSSR count). The van der Waals surface area contributed by atoms with E-state index in [0.717, 1.165) is 5.56 Å². The third kappa shape index (κ3) is 2.20. The molecule has 3 heterocycles. The second-order valence-corrected chi connectivity index (χ2v) is 4.99. The van der Waals surface area contributed by atoms with Crippen LogP contribution in [0.3, 0.4) is 0 Å². The molecule has 1 aromatic carbocycles. The van der Waals surface area contributed by atoms with Gasteiger partial charge in [-0.3, -0.25) is 4.98 Å². The molecule has 7 nitrogen and oxygen atoms in total. The number of hydrogen-bond donors (Lipinski definition) is 1. The van der Waals surface area contributed by atoms with Gasteiger partial charge >= 0.3 is 0 Å². The summed E-state index contributed by atoms with van der Waals surface area (Å²) in [7, 11) is 0. The Bertz CT molecular complexity index is 978. The lowest BCUT2D eigenvalue weighted by Gasteiger charge is -2.08. The van der Waals surface area contributed by atoms with Crippen LogP contribution < -0.4 is 5.73 Å². The monoisotopic (exact) mass is 310 g/mol. The number of rotatable bonds is 3. The summed E-state index contributed by atoms with van der Waals surface area (Å²) >= 11 is 0. The van der Waals surface area contributed by atoms with Gasteiger partial charge < -0.3 is 10.3 Å². The molecule has 0 atom stereocenters. The fourth-order valence-corrected chi connectivity index (χ4v) is 2.50. The zero-order chi connectivity index (χ0) is 15.8. The van der Waals surface area contributed by atoms with E-state index >= 15 is 0 Å². The van der Waals surface area contributed by atoms with Gasteiger partial charge in [0.05, 0.1) is 12.1 Å². The predicted octanol–water partition coefficient (Wildman–Crippen LogP) is 2.25. The molecule has 3 aromatic heterocycles. The van der Waals surface area contributed by atoms with E-state index in [2.05, 4.69) is 24.9 Å². The van der Waals surface area contributed by atoms with Gasteiger partial charge in [-0.2, -0.15) is 0 Å². The lowest BCUT2D eigenvalue weighted by Crippen LogP contribution is -2.05. The summed E-state index contributed by atoms with van der Waals surface area (Å²) in [5.41, 5.74) is 7.82. The van der Waals surface area contributed by atoms with Crippen molar-refractivity contribution in [2.75, 3.05) is 5.73 Å². The number of benzene rings is 1. The van der Waals surface area contributed by atoms with Crippen molar-refractivity contribution in [2.24, 2.45) is 0 Å². The third-order valence-electron chi connectivity index (χ3n) is 3.51. The van der Waals surface area contributed by atoms with Crippen LogP contribution in [0.5, 0.6) is 0 Å². The van der Waals surface area contributed by atoms with E-state index in [4.69, 9.17) is 5.73 Å². The first kappa shape index (κ1) is 13.4. The molecule has 0 aliphatic carbocycles. The maximum atomic E-state index is 14.3. The molecule has 0 saturated carbocycles. The Labute approximate surface area is 129 Å². The van der Waals surface area contributed by atoms with Crippen molar-refractivity contribution in [1.82, 2.24) is 24.8 Å². The minimum Gasteiger partial charge on any atom is -0.379 e. The number of anilines is 1. The SMILES string of the molecule is Nc1nonc1-c1nc2cccc(F)c2n1Cc1cccnc1. The van der Waals surface area contributed by atoms with Gasteiger partial charge in [0, 0.05) is 12.4 Å². The van der Waals surface area contributed by atoms with Crippen molar-refractivity contribution in [3.63, 3.8) is 0 Å². The van der Waals surface area contributed by atoms with Crippen LogP contribution in [0.4, 0.5) is 10.2 Å². The summed E-state index contributed by atoms with van der Waals surface area (Å²) in [4.78, 5) is 8.51. The highest BCUT2D eigenvalue weighted by Crippen LogP contribution is 2.28. The highest BCUT2D eigenvalue weighted by atomic mass is 19.1. The van der Waals surface area contributed by atoms with Crippen LogP contribution in [-0.4, -0.2) is 24.8 Å². The molecule has 0 saturated heterocycles. The van der Waals surface area contributed by atoms with Crippen molar-refractivity contribution >= 4 is 16.9 Å². The van der Waals surface area contributed by atoms with Crippen LogP contribution in [0, 0.1) is 5.82 Å². The van der Waals surface area contributed by atoms with Crippen LogP contribution in [0.15, 0.2) is 47.4 Å². The number of nitrogens with zero attached hydrogens (tertiary/aromatic N) is 5. The second kappa shape index (κ2) is 5.16. The van der Waals surface area contributed by atoms with Crippen LogP contribution in [-0.2, 0) is 6.54 Å². The molecule has 0 amide bonds. The van der Waals surface area contributed by atoms with Crippen LogP contribution in [0.25, 0.3) is 22.6 Å². The normalized spacial score (nSPS) is 11.2. The van der Waals surface area contributed by atoms with Gasteiger partial charge in [-0.05, 0) is 34.1 Å². The van der Waals surface area contributed by atoms with E-state index < -0.39 is 0 Å². The predicted molar refractivity (Wildman–Crippen MR) is 80.7 cm³/mol. The Hall–Kier alpha value is -3.29. The molecule has 0 unspecified atom stereocenters. The molecule has 0 fully saturated rings. The lowest BCUT2D eigenvalue weighted by molar-refractivity contribution is 0.310. The maximum absolute atomic E-state index is 14.3. The molecule has 0 spiro atoms. The van der Waals surface area contributed by atoms with E-state index in [1.54, 1.807) is 29.1 Å². The first-order valence-corrected chi connectivity index (χ1v) is 6.86. The maximum Gasteiger partial charge on any atom is 0.199 e. The fourth-order valence-electron chi connectivity index (χ4n) is 2.50. The molecule has 8 heteroatoms. The number of fused-ring (bicyclic) bond motifs is 1. The average Bonchev–Trinajstić information content (AvgIpc) is 3.13. The zero-order valence-corrected chi connectivity index (χ0v) is 11.8. The quantitative estimate of drug-likeness (QED) is 0.623. The zero-order valence-electron chi connectivity index (χ0n) is 11.8. The van der Waals surface area contributed by atoms with E-state index in [1.807, 2.05) is 12.1 Å². The van der Waals surface area contributed by atoms with Gasteiger partial charge in [0.15, 0.2) is 17.3 Å². The number of aromatic nitrogens is 5. The number of imidazole rings is 1. The largest absolute Gasteiger partial charge is 0.379 e. The van der Waals surface area contributed by atoms with Crippen molar-refractivity contribution in [1.29, 1.82) is 0 Å². The molecular formula is C15H11FN6O. The molecule has 0 aliphatic rings. The first-order valence-electron chi connectivity index (χ1n) is 6.86. The smallest absolute Gasteiger partial charge is 0.199 e. The van der Waals surface area contributed by atoms with Gasteiger partial charge in [-0.25, -0.2) is 14.0 Å². The highest BCUT2D eigenvalue weighted by Gasteiger charge is 2.21. The van der Waals surface area contributed by atoms with E-state index in [9.17, 15) is 4.39 Å². The minimum absolute atomic E-state index is 0.105. The summed E-state index contributed by atoms with van der Waals surface area (Å²) < 4.78 is 20.7. The Morgan fingerprint density at radius 2 is 2.09 bits per heavy atom. The molecule has 2 N–H and O–H groups in total. The standard InChI is InChI=1S/C15H11FN6O/c16-10-4-1-5-11-13(10)22(8-9-3-2-6-18-7-9)15(19-11)12-14(17)21-23-20-12/h1-7H,8H2,(H2,17,21). The summed E-state index contributed by atoms with van der Waals surface area (Å²) in [5, 5.41) is 7.35. The molecule has 23 heavy (non-hydrogen) atoms. The van der Waals surface area contributed by atoms with E-state index in [1.165, 1.54) is 6.07 Å². The lowest BCUT2D eigenvalue weighted by atomic mass is 10.2. The molecule has 0 bridgehead atoms. The highest BCUT2D eigenvalue weighted by molar-refractivity contribution is 5.82. The van der Waals surface area contributed by atoms with Crippen molar-refractivity contribution in [3.05, 3.63) is 54.1 Å². The molecule has 0 aliphatic heterocycles. The Morgan fingerprint density at radius 1 is 1.17 bits per heavy atom. The number of halogens is 1. The molecule has 114 valence electrons. The average molecular weight is 310 g/mol. The van der Waals surface area contributed by atoms with Crippen LogP contribution >= 0.6 is 0 Å². The van der Waals surface area contributed by atoms with E-state index in [-0.39, 0.29) is 17.3 Å². The summed E-state index contributed by atoms with van der Waals surface area (Å²) in [6.45, 7) is 0.368. The number of nitrogens with two attached hydrogens (primary N) is 1. The van der Waals surface area contributed by atoms with Crippen molar-refractivity contribution < 1.29 is 9.02 Å². The summed E-state index contributed by atoms with van der Waals surface area (Å²) in [6, 6.07) is 8.43.